The fourth-order valence-corrected chi connectivity index (χ4v) is 1.91. The van der Waals surface area contributed by atoms with Crippen molar-refractivity contribution in [2.24, 2.45) is 16.5 Å². The Kier molecular flexibility index (Phi) is 3.27. The van der Waals surface area contributed by atoms with Crippen LogP contribution in [0, 0.1) is 6.92 Å². The van der Waals surface area contributed by atoms with E-state index in [1.807, 2.05) is 19.1 Å². The second-order valence-corrected chi connectivity index (χ2v) is 4.02. The molecule has 0 saturated carbocycles. The van der Waals surface area contributed by atoms with Gasteiger partial charge in [0.15, 0.2) is 5.96 Å². The number of aliphatic hydroxyl groups is 1. The molecule has 72 valence electrons. The van der Waals surface area contributed by atoms with Crippen LogP contribution in [0.4, 0.5) is 0 Å². The van der Waals surface area contributed by atoms with Crippen LogP contribution in [0.2, 0.25) is 0 Å². The Labute approximate surface area is 80.9 Å². The summed E-state index contributed by atoms with van der Waals surface area (Å²) in [6.07, 6.45) is 0. The van der Waals surface area contributed by atoms with Gasteiger partial charge >= 0.3 is 0 Å². The number of hydrogen-bond acceptors (Lipinski definition) is 3. The predicted molar refractivity (Wildman–Crippen MR) is 54.7 cm³/mol. The van der Waals surface area contributed by atoms with Crippen molar-refractivity contribution in [1.29, 1.82) is 0 Å². The Morgan fingerprint density at radius 3 is 2.69 bits per heavy atom. The molecule has 5 heteroatoms. The Morgan fingerprint density at radius 2 is 2.31 bits per heavy atom. The van der Waals surface area contributed by atoms with Crippen molar-refractivity contribution in [3.8, 4) is 0 Å². The summed E-state index contributed by atoms with van der Waals surface area (Å²) < 4.78 is 0. The summed E-state index contributed by atoms with van der Waals surface area (Å²) in [5.41, 5.74) is 10.5. The molecule has 1 heterocycles. The van der Waals surface area contributed by atoms with Gasteiger partial charge in [-0.1, -0.05) is 0 Å². The minimum absolute atomic E-state index is 0.00473. The zero-order chi connectivity index (χ0) is 9.84. The van der Waals surface area contributed by atoms with Crippen LogP contribution in [0.5, 0.6) is 0 Å². The van der Waals surface area contributed by atoms with Crippen molar-refractivity contribution in [2.75, 3.05) is 6.61 Å². The maximum absolute atomic E-state index is 9.03. The average Bonchev–Trinajstić information content (AvgIpc) is 2.47. The maximum atomic E-state index is 9.03. The van der Waals surface area contributed by atoms with Crippen LogP contribution in [0.1, 0.15) is 15.8 Å². The molecule has 4 nitrogen and oxygen atoms in total. The first-order valence-electron chi connectivity index (χ1n) is 3.89. The highest BCUT2D eigenvalue weighted by molar-refractivity contribution is 7.12. The predicted octanol–water partition coefficient (Wildman–Crippen LogP) is 0.363. The number of hydrogen-bond donors (Lipinski definition) is 3. The lowest BCUT2D eigenvalue weighted by molar-refractivity contribution is 0.270. The van der Waals surface area contributed by atoms with Gasteiger partial charge in [0.1, 0.15) is 6.04 Å². The van der Waals surface area contributed by atoms with Crippen molar-refractivity contribution in [1.82, 2.24) is 0 Å². The van der Waals surface area contributed by atoms with Crippen LogP contribution >= 0.6 is 11.3 Å². The molecule has 1 atom stereocenters. The Morgan fingerprint density at radius 1 is 1.62 bits per heavy atom. The van der Waals surface area contributed by atoms with Gasteiger partial charge in [-0.05, 0) is 19.1 Å². The molecule has 0 aliphatic carbocycles. The van der Waals surface area contributed by atoms with Crippen molar-refractivity contribution >= 4 is 17.3 Å². The van der Waals surface area contributed by atoms with Crippen LogP contribution in [-0.2, 0) is 0 Å². The van der Waals surface area contributed by atoms with E-state index in [1.54, 1.807) is 11.3 Å². The number of thiophene rings is 1. The van der Waals surface area contributed by atoms with Crippen LogP contribution in [0.3, 0.4) is 0 Å². The monoisotopic (exact) mass is 199 g/mol. The van der Waals surface area contributed by atoms with E-state index in [0.29, 0.717) is 0 Å². The fourth-order valence-electron chi connectivity index (χ4n) is 1.01. The average molecular weight is 199 g/mol. The fraction of sp³-hybridized carbons (Fsp3) is 0.375. The van der Waals surface area contributed by atoms with Gasteiger partial charge in [-0.25, -0.2) is 4.99 Å². The van der Waals surface area contributed by atoms with Crippen molar-refractivity contribution in [3.63, 3.8) is 0 Å². The highest BCUT2D eigenvalue weighted by Gasteiger charge is 2.10. The third-order valence-electron chi connectivity index (χ3n) is 1.57. The second kappa shape index (κ2) is 4.25. The van der Waals surface area contributed by atoms with E-state index in [1.165, 1.54) is 4.88 Å². The Hall–Kier alpha value is -1.07. The summed E-state index contributed by atoms with van der Waals surface area (Å²) in [5, 5.41) is 9.03. The molecule has 0 bridgehead atoms. The number of aryl methyl sites for hydroxylation is 1. The number of rotatable bonds is 3. The number of guanidine groups is 1. The van der Waals surface area contributed by atoms with E-state index >= 15 is 0 Å². The highest BCUT2D eigenvalue weighted by atomic mass is 32.1. The van der Waals surface area contributed by atoms with Gasteiger partial charge in [0.25, 0.3) is 0 Å². The van der Waals surface area contributed by atoms with E-state index in [0.717, 1.165) is 4.88 Å². The lowest BCUT2D eigenvalue weighted by atomic mass is 10.2. The number of nitrogens with zero attached hydrogens (tertiary/aromatic N) is 1. The minimum Gasteiger partial charge on any atom is -0.394 e. The van der Waals surface area contributed by atoms with Crippen molar-refractivity contribution < 1.29 is 5.11 Å². The summed E-state index contributed by atoms with van der Waals surface area (Å²) in [7, 11) is 0. The number of aliphatic imine (C=N–C) groups is 1. The summed E-state index contributed by atoms with van der Waals surface area (Å²) in [5.74, 6) is 0.00473. The third-order valence-corrected chi connectivity index (χ3v) is 2.67. The molecule has 0 aliphatic heterocycles. The molecule has 1 rings (SSSR count). The van der Waals surface area contributed by atoms with E-state index < -0.39 is 0 Å². The quantitative estimate of drug-likeness (QED) is 0.485. The Bertz CT molecular complexity index is 304. The number of aliphatic hydroxyl groups excluding tert-OH is 1. The minimum atomic E-state index is -0.316. The second-order valence-electron chi connectivity index (χ2n) is 2.70. The van der Waals surface area contributed by atoms with E-state index in [9.17, 15) is 0 Å². The molecule has 0 amide bonds. The third kappa shape index (κ3) is 2.71. The largest absolute Gasteiger partial charge is 0.394 e. The summed E-state index contributed by atoms with van der Waals surface area (Å²) in [6, 6.07) is 3.58. The molecule has 0 saturated heterocycles. The van der Waals surface area contributed by atoms with Gasteiger partial charge in [-0.3, -0.25) is 0 Å². The smallest absolute Gasteiger partial charge is 0.186 e. The standard InChI is InChI=1S/C8H13N3OS/c1-5-2-3-7(13-5)6(4-12)11-8(9)10/h2-3,6,12H,4H2,1H3,(H4,9,10,11)/t6-/m1/s1. The molecule has 0 aromatic carbocycles. The molecule has 1 aromatic heterocycles. The maximum Gasteiger partial charge on any atom is 0.186 e. The topological polar surface area (TPSA) is 84.6 Å². The van der Waals surface area contributed by atoms with Crippen LogP contribution in [0.25, 0.3) is 0 Å². The van der Waals surface area contributed by atoms with Gasteiger partial charge in [0, 0.05) is 9.75 Å². The molecular formula is C8H13N3OS. The van der Waals surface area contributed by atoms with Gasteiger partial charge in [-0.2, -0.15) is 0 Å². The van der Waals surface area contributed by atoms with Crippen molar-refractivity contribution in [3.05, 3.63) is 21.9 Å². The summed E-state index contributed by atoms with van der Waals surface area (Å²) in [6.45, 7) is 1.93. The lowest BCUT2D eigenvalue weighted by Crippen LogP contribution is -2.24. The molecule has 0 unspecified atom stereocenters. The molecule has 0 radical (unpaired) electrons. The molecular weight excluding hydrogens is 186 g/mol. The van der Waals surface area contributed by atoms with Gasteiger partial charge < -0.3 is 16.6 Å². The van der Waals surface area contributed by atoms with E-state index in [4.69, 9.17) is 16.6 Å². The molecule has 1 aromatic rings. The molecule has 0 spiro atoms. The van der Waals surface area contributed by atoms with Crippen LogP contribution in [0.15, 0.2) is 17.1 Å². The lowest BCUT2D eigenvalue weighted by Gasteiger charge is -2.06. The van der Waals surface area contributed by atoms with E-state index in [-0.39, 0.29) is 18.6 Å². The number of nitrogens with two attached hydrogens (primary N) is 2. The molecule has 5 N–H and O–H groups in total. The van der Waals surface area contributed by atoms with Gasteiger partial charge in [0.05, 0.1) is 6.61 Å². The molecule has 0 aliphatic rings. The van der Waals surface area contributed by atoms with Gasteiger partial charge in [-0.15, -0.1) is 11.3 Å². The first kappa shape index (κ1) is 10.0. The normalized spacial score (nSPS) is 12.5. The summed E-state index contributed by atoms with van der Waals surface area (Å²) in [4.78, 5) is 6.07. The molecule has 13 heavy (non-hydrogen) atoms. The SMILES string of the molecule is Cc1ccc([C@@H](CO)N=C(N)N)s1. The van der Waals surface area contributed by atoms with Crippen LogP contribution < -0.4 is 11.5 Å². The van der Waals surface area contributed by atoms with Crippen molar-refractivity contribution in [2.45, 2.75) is 13.0 Å². The van der Waals surface area contributed by atoms with Gasteiger partial charge in [0.2, 0.25) is 0 Å². The first-order chi connectivity index (χ1) is 6.13. The highest BCUT2D eigenvalue weighted by Crippen LogP contribution is 2.24. The zero-order valence-corrected chi connectivity index (χ0v) is 8.21. The zero-order valence-electron chi connectivity index (χ0n) is 7.40. The summed E-state index contributed by atoms with van der Waals surface area (Å²) >= 11 is 1.58. The first-order valence-corrected chi connectivity index (χ1v) is 4.71. The Balaban J connectivity index is 2.84. The molecule has 0 fully saturated rings. The van der Waals surface area contributed by atoms with Crippen LogP contribution in [-0.4, -0.2) is 17.7 Å². The van der Waals surface area contributed by atoms with E-state index in [2.05, 4.69) is 4.99 Å².